The molecule has 0 radical (unpaired) electrons. The molecule has 0 unspecified atom stereocenters. The van der Waals surface area contributed by atoms with Gasteiger partial charge in [-0.3, -0.25) is 0 Å². The van der Waals surface area contributed by atoms with Crippen molar-refractivity contribution in [2.24, 2.45) is 0 Å². The molecular weight excluding hydrogens is 272 g/mol. The van der Waals surface area contributed by atoms with Crippen molar-refractivity contribution in [3.8, 4) is 0 Å². The highest BCUT2D eigenvalue weighted by Crippen LogP contribution is 2.28. The second kappa shape index (κ2) is 6.85. The van der Waals surface area contributed by atoms with Gasteiger partial charge in [0.25, 0.3) is 0 Å². The minimum absolute atomic E-state index is 0.257. The zero-order valence-electron chi connectivity index (χ0n) is 12.5. The van der Waals surface area contributed by atoms with E-state index in [0.29, 0.717) is 12.6 Å². The van der Waals surface area contributed by atoms with Gasteiger partial charge in [0, 0.05) is 20.1 Å². The van der Waals surface area contributed by atoms with Crippen LogP contribution in [0.5, 0.6) is 0 Å². The van der Waals surface area contributed by atoms with Gasteiger partial charge in [-0.25, -0.2) is 4.98 Å². The van der Waals surface area contributed by atoms with Crippen LogP contribution < -0.4 is 10.2 Å². The Kier molecular flexibility index (Phi) is 5.14. The molecule has 110 valence electrons. The van der Waals surface area contributed by atoms with E-state index in [0.717, 1.165) is 29.1 Å². The molecule has 0 aromatic carbocycles. The minimum Gasteiger partial charge on any atom is -0.377 e. The Labute approximate surface area is 124 Å². The summed E-state index contributed by atoms with van der Waals surface area (Å²) in [6, 6.07) is 2.07. The number of hydrogen-bond acceptors (Lipinski definition) is 6. The topological polar surface area (TPSA) is 50.3 Å². The molecule has 0 aliphatic heterocycles. The number of anilines is 2. The number of thiophene rings is 1. The smallest absolute Gasteiger partial charge is 0.226 e. The molecule has 0 saturated heterocycles. The lowest BCUT2D eigenvalue weighted by molar-refractivity contribution is 0.0845. The van der Waals surface area contributed by atoms with Crippen molar-refractivity contribution in [1.82, 2.24) is 9.97 Å². The fourth-order valence-electron chi connectivity index (χ4n) is 1.90. The van der Waals surface area contributed by atoms with Crippen molar-refractivity contribution in [2.45, 2.75) is 26.9 Å². The Morgan fingerprint density at radius 1 is 1.40 bits per heavy atom. The molecule has 20 heavy (non-hydrogen) atoms. The molecule has 0 fully saturated rings. The maximum Gasteiger partial charge on any atom is 0.226 e. The van der Waals surface area contributed by atoms with Gasteiger partial charge in [-0.15, -0.1) is 11.3 Å². The highest BCUT2D eigenvalue weighted by molar-refractivity contribution is 7.16. The number of nitrogens with one attached hydrogen (secondary N) is 1. The fourth-order valence-corrected chi connectivity index (χ4v) is 2.66. The fraction of sp³-hybridized carbons (Fsp3) is 0.571. The third kappa shape index (κ3) is 3.58. The van der Waals surface area contributed by atoms with Gasteiger partial charge in [0.1, 0.15) is 10.6 Å². The Morgan fingerprint density at radius 2 is 2.20 bits per heavy atom. The molecule has 2 aromatic rings. The van der Waals surface area contributed by atoms with Gasteiger partial charge in [-0.2, -0.15) is 4.98 Å². The molecule has 2 aromatic heterocycles. The van der Waals surface area contributed by atoms with Gasteiger partial charge in [0.2, 0.25) is 5.95 Å². The summed E-state index contributed by atoms with van der Waals surface area (Å²) in [5.41, 5.74) is 0. The molecule has 6 heteroatoms. The van der Waals surface area contributed by atoms with Crippen molar-refractivity contribution < 1.29 is 4.74 Å². The van der Waals surface area contributed by atoms with E-state index in [2.05, 4.69) is 31.6 Å². The molecule has 0 spiro atoms. The maximum absolute atomic E-state index is 5.61. The molecule has 1 N–H and O–H groups in total. The predicted molar refractivity (Wildman–Crippen MR) is 85.9 cm³/mol. The number of likely N-dealkylation sites (N-methyl/N-ethyl adjacent to an activating group) is 1. The van der Waals surface area contributed by atoms with E-state index in [1.807, 2.05) is 27.8 Å². The standard InChI is InChI=1S/C14H22N4OS/c1-5-15-14-16-12(11-6-9-20-13(11)17-14)18(4)7-8-19-10(2)3/h6,9-10H,5,7-8H2,1-4H3,(H,15,16,17). The van der Waals surface area contributed by atoms with Gasteiger partial charge in [0.05, 0.1) is 18.1 Å². The van der Waals surface area contributed by atoms with Crippen LogP contribution in [0.4, 0.5) is 11.8 Å². The summed E-state index contributed by atoms with van der Waals surface area (Å²) in [4.78, 5) is 12.3. The molecule has 0 aliphatic rings. The van der Waals surface area contributed by atoms with Crippen molar-refractivity contribution in [3.63, 3.8) is 0 Å². The third-order valence-corrected chi connectivity index (χ3v) is 3.69. The van der Waals surface area contributed by atoms with Crippen LogP contribution >= 0.6 is 11.3 Å². The number of hydrogen-bond donors (Lipinski definition) is 1. The lowest BCUT2D eigenvalue weighted by Gasteiger charge is -2.20. The summed E-state index contributed by atoms with van der Waals surface area (Å²) in [5.74, 6) is 1.65. The monoisotopic (exact) mass is 294 g/mol. The molecule has 0 aliphatic carbocycles. The summed E-state index contributed by atoms with van der Waals surface area (Å²) < 4.78 is 5.61. The van der Waals surface area contributed by atoms with E-state index in [1.165, 1.54) is 0 Å². The zero-order valence-corrected chi connectivity index (χ0v) is 13.3. The molecule has 0 amide bonds. The summed E-state index contributed by atoms with van der Waals surface area (Å²) in [5, 5.41) is 6.34. The Balaban J connectivity index is 2.19. The van der Waals surface area contributed by atoms with Crippen LogP contribution in [-0.2, 0) is 4.74 Å². The second-order valence-corrected chi connectivity index (χ2v) is 5.78. The number of aromatic nitrogens is 2. The van der Waals surface area contributed by atoms with Crippen molar-refractivity contribution >= 4 is 33.3 Å². The molecule has 2 heterocycles. The van der Waals surface area contributed by atoms with Crippen LogP contribution in [0.3, 0.4) is 0 Å². The normalized spacial score (nSPS) is 11.2. The summed E-state index contributed by atoms with van der Waals surface area (Å²) >= 11 is 1.64. The van der Waals surface area contributed by atoms with Crippen molar-refractivity contribution in [3.05, 3.63) is 11.4 Å². The van der Waals surface area contributed by atoms with Crippen LogP contribution in [0.1, 0.15) is 20.8 Å². The summed E-state index contributed by atoms with van der Waals surface area (Å²) in [6.45, 7) is 8.46. The van der Waals surface area contributed by atoms with Gasteiger partial charge in [-0.1, -0.05) is 0 Å². The maximum atomic E-state index is 5.61. The first-order valence-electron chi connectivity index (χ1n) is 6.93. The number of nitrogens with zero attached hydrogens (tertiary/aromatic N) is 3. The van der Waals surface area contributed by atoms with E-state index in [-0.39, 0.29) is 6.10 Å². The average Bonchev–Trinajstić information content (AvgIpc) is 2.85. The first-order chi connectivity index (χ1) is 9.61. The average molecular weight is 294 g/mol. The largest absolute Gasteiger partial charge is 0.377 e. The third-order valence-electron chi connectivity index (χ3n) is 2.88. The van der Waals surface area contributed by atoms with E-state index in [9.17, 15) is 0 Å². The van der Waals surface area contributed by atoms with E-state index < -0.39 is 0 Å². The van der Waals surface area contributed by atoms with E-state index in [4.69, 9.17) is 4.74 Å². The van der Waals surface area contributed by atoms with Crippen LogP contribution in [0.2, 0.25) is 0 Å². The van der Waals surface area contributed by atoms with E-state index >= 15 is 0 Å². The Morgan fingerprint density at radius 3 is 2.90 bits per heavy atom. The molecular formula is C14H22N4OS. The molecule has 0 bridgehead atoms. The highest BCUT2D eigenvalue weighted by Gasteiger charge is 2.12. The molecule has 5 nitrogen and oxygen atoms in total. The molecule has 2 rings (SSSR count). The Hall–Kier alpha value is -1.40. The zero-order chi connectivity index (χ0) is 14.5. The number of rotatable bonds is 7. The highest BCUT2D eigenvalue weighted by atomic mass is 32.1. The first-order valence-corrected chi connectivity index (χ1v) is 7.81. The molecule has 0 saturated carbocycles. The van der Waals surface area contributed by atoms with Gasteiger partial charge < -0.3 is 15.0 Å². The van der Waals surface area contributed by atoms with Crippen LogP contribution in [0.15, 0.2) is 11.4 Å². The minimum atomic E-state index is 0.257. The van der Waals surface area contributed by atoms with Crippen molar-refractivity contribution in [1.29, 1.82) is 0 Å². The SMILES string of the molecule is CCNc1nc(N(C)CCOC(C)C)c2ccsc2n1. The lowest BCUT2D eigenvalue weighted by atomic mass is 10.3. The van der Waals surface area contributed by atoms with Crippen LogP contribution in [0.25, 0.3) is 10.2 Å². The number of ether oxygens (including phenoxy) is 1. The summed E-state index contributed by atoms with van der Waals surface area (Å²) in [6.07, 6.45) is 0.257. The Bertz CT molecular complexity index is 555. The van der Waals surface area contributed by atoms with Crippen LogP contribution in [0, 0.1) is 0 Å². The molecule has 0 atom stereocenters. The second-order valence-electron chi connectivity index (χ2n) is 4.88. The lowest BCUT2D eigenvalue weighted by Crippen LogP contribution is -2.25. The first kappa shape index (κ1) is 15.0. The number of fused-ring (bicyclic) bond motifs is 1. The van der Waals surface area contributed by atoms with Gasteiger partial charge in [0.15, 0.2) is 0 Å². The van der Waals surface area contributed by atoms with E-state index in [1.54, 1.807) is 11.3 Å². The quantitative estimate of drug-likeness (QED) is 0.850. The van der Waals surface area contributed by atoms with Crippen molar-refractivity contribution in [2.75, 3.05) is 37.0 Å². The van der Waals surface area contributed by atoms with Crippen LogP contribution in [-0.4, -0.2) is 42.8 Å². The summed E-state index contributed by atoms with van der Waals surface area (Å²) in [7, 11) is 2.04. The van der Waals surface area contributed by atoms with Gasteiger partial charge in [-0.05, 0) is 32.2 Å². The van der Waals surface area contributed by atoms with Gasteiger partial charge >= 0.3 is 0 Å². The predicted octanol–water partition coefficient (Wildman–Crippen LogP) is 2.98.